The molecule has 0 bridgehead atoms. The Morgan fingerprint density at radius 2 is 1.75 bits per heavy atom. The summed E-state index contributed by atoms with van der Waals surface area (Å²) in [6.45, 7) is 1.69. The van der Waals surface area contributed by atoms with Gasteiger partial charge in [0.15, 0.2) is 0 Å². The van der Waals surface area contributed by atoms with E-state index in [1.54, 1.807) is 17.1 Å². The highest BCUT2D eigenvalue weighted by atomic mass is 19.1. The summed E-state index contributed by atoms with van der Waals surface area (Å²) in [6.07, 6.45) is 4.34. The molecular weight excluding hydrogens is 407 g/mol. The Labute approximate surface area is 187 Å². The van der Waals surface area contributed by atoms with E-state index < -0.39 is 0 Å². The predicted molar refractivity (Wildman–Crippen MR) is 120 cm³/mol. The van der Waals surface area contributed by atoms with Gasteiger partial charge in [0, 0.05) is 25.7 Å². The van der Waals surface area contributed by atoms with Gasteiger partial charge in [-0.2, -0.15) is 0 Å². The number of likely N-dealkylation sites (tertiary alicyclic amines) is 1. The van der Waals surface area contributed by atoms with Crippen molar-refractivity contribution in [3.8, 4) is 0 Å². The summed E-state index contributed by atoms with van der Waals surface area (Å²) in [7, 11) is 0. The highest BCUT2D eigenvalue weighted by Gasteiger charge is 2.51. The van der Waals surface area contributed by atoms with Crippen molar-refractivity contribution >= 4 is 17.5 Å². The lowest BCUT2D eigenvalue weighted by atomic mass is 9.83. The summed E-state index contributed by atoms with van der Waals surface area (Å²) < 4.78 is 13.3. The zero-order valence-electron chi connectivity index (χ0n) is 18.0. The number of para-hydroxylation sites is 1. The van der Waals surface area contributed by atoms with Gasteiger partial charge in [0.05, 0.1) is 23.6 Å². The van der Waals surface area contributed by atoms with Crippen LogP contribution in [-0.2, 0) is 16.1 Å². The number of rotatable bonds is 5. The molecule has 3 unspecified atom stereocenters. The Morgan fingerprint density at radius 1 is 1.03 bits per heavy atom. The van der Waals surface area contributed by atoms with E-state index in [1.165, 1.54) is 12.1 Å². The maximum absolute atomic E-state index is 13.4. The average Bonchev–Trinajstić information content (AvgIpc) is 3.43. The van der Waals surface area contributed by atoms with Crippen molar-refractivity contribution in [1.29, 1.82) is 0 Å². The lowest BCUT2D eigenvalue weighted by Gasteiger charge is -2.38. The van der Waals surface area contributed by atoms with Gasteiger partial charge in [0.1, 0.15) is 5.82 Å². The number of piperidine rings is 1. The van der Waals surface area contributed by atoms with E-state index in [1.807, 2.05) is 30.3 Å². The molecule has 1 aliphatic carbocycles. The fourth-order valence-electron chi connectivity index (χ4n) is 5.31. The number of benzene rings is 2. The molecule has 3 atom stereocenters. The van der Waals surface area contributed by atoms with Crippen LogP contribution in [0.4, 0.5) is 10.1 Å². The van der Waals surface area contributed by atoms with Crippen molar-refractivity contribution < 1.29 is 14.0 Å². The van der Waals surface area contributed by atoms with Gasteiger partial charge in [-0.25, -0.2) is 14.8 Å². The fourth-order valence-corrected chi connectivity index (χ4v) is 5.31. The number of nitrogens with zero attached hydrogens (tertiary/aromatic N) is 2. The summed E-state index contributed by atoms with van der Waals surface area (Å²) in [6, 6.07) is 15.9. The van der Waals surface area contributed by atoms with Crippen LogP contribution >= 0.6 is 0 Å². The van der Waals surface area contributed by atoms with Gasteiger partial charge in [0.25, 0.3) is 0 Å². The zero-order valence-corrected chi connectivity index (χ0v) is 18.0. The lowest BCUT2D eigenvalue weighted by molar-refractivity contribution is -0.130. The van der Waals surface area contributed by atoms with Crippen LogP contribution in [0.3, 0.4) is 0 Å². The molecule has 2 amide bonds. The van der Waals surface area contributed by atoms with E-state index >= 15 is 0 Å². The van der Waals surface area contributed by atoms with Crippen LogP contribution in [0.25, 0.3) is 0 Å². The number of anilines is 1. The molecule has 6 nitrogen and oxygen atoms in total. The van der Waals surface area contributed by atoms with Crippen molar-refractivity contribution in [3.63, 3.8) is 0 Å². The number of hydrogen-bond acceptors (Lipinski definition) is 4. The first-order valence-electron chi connectivity index (χ1n) is 11.5. The second-order valence-corrected chi connectivity index (χ2v) is 9.19. The van der Waals surface area contributed by atoms with Gasteiger partial charge in [-0.3, -0.25) is 14.5 Å². The molecule has 0 spiro atoms. The molecule has 7 heteroatoms. The van der Waals surface area contributed by atoms with Crippen LogP contribution in [0.15, 0.2) is 54.6 Å². The smallest absolute Gasteiger partial charge is 0.247 e. The largest absolute Gasteiger partial charge is 0.353 e. The molecule has 2 aromatic carbocycles. The summed E-state index contributed by atoms with van der Waals surface area (Å²) in [5.41, 5.74) is 5.11. The number of amides is 2. The summed E-state index contributed by atoms with van der Waals surface area (Å²) in [5, 5.41) is 4.84. The SMILES string of the molecule is O=C(NC1CCCC1)C1CN(Cc2ccc(F)cc2)CC2C(=O)N(c3ccccc3)NC12. The lowest BCUT2D eigenvalue weighted by Crippen LogP contribution is -2.57. The van der Waals surface area contributed by atoms with Gasteiger partial charge >= 0.3 is 0 Å². The Balaban J connectivity index is 1.38. The molecule has 3 aliphatic rings. The highest BCUT2D eigenvalue weighted by Crippen LogP contribution is 2.33. The first-order chi connectivity index (χ1) is 15.6. The van der Waals surface area contributed by atoms with E-state index in [-0.39, 0.29) is 41.6 Å². The summed E-state index contributed by atoms with van der Waals surface area (Å²) in [4.78, 5) is 28.8. The number of nitrogens with one attached hydrogen (secondary N) is 2. The van der Waals surface area contributed by atoms with Crippen LogP contribution in [0, 0.1) is 17.7 Å². The number of carbonyl (C=O) groups is 2. The monoisotopic (exact) mass is 436 g/mol. The van der Waals surface area contributed by atoms with E-state index in [0.717, 1.165) is 36.9 Å². The summed E-state index contributed by atoms with van der Waals surface area (Å²) in [5.74, 6) is -0.916. The van der Waals surface area contributed by atoms with Gasteiger partial charge in [-0.15, -0.1) is 0 Å². The molecule has 2 saturated heterocycles. The quantitative estimate of drug-likeness (QED) is 0.757. The highest BCUT2D eigenvalue weighted by molar-refractivity contribution is 5.98. The standard InChI is InChI=1S/C25H29FN4O2/c26-18-12-10-17(11-13-18)14-29-15-21(24(31)27-19-6-4-5-7-19)23-22(16-29)25(32)30(28-23)20-8-2-1-3-9-20/h1-3,8-13,19,21-23,28H,4-7,14-16H2,(H,27,31). The van der Waals surface area contributed by atoms with Crippen LogP contribution in [0.5, 0.6) is 0 Å². The first kappa shape index (κ1) is 21.1. The molecule has 1 saturated carbocycles. The Morgan fingerprint density at radius 3 is 2.47 bits per heavy atom. The third-order valence-corrected chi connectivity index (χ3v) is 6.96. The molecule has 2 aromatic rings. The number of carbonyl (C=O) groups excluding carboxylic acids is 2. The van der Waals surface area contributed by atoms with Gasteiger partial charge in [-0.1, -0.05) is 43.2 Å². The molecule has 0 aromatic heterocycles. The van der Waals surface area contributed by atoms with Crippen LogP contribution in [0.2, 0.25) is 0 Å². The minimum absolute atomic E-state index is 0.0105. The van der Waals surface area contributed by atoms with Crippen LogP contribution in [0.1, 0.15) is 31.2 Å². The second-order valence-electron chi connectivity index (χ2n) is 9.19. The number of fused-ring (bicyclic) bond motifs is 1. The fraction of sp³-hybridized carbons (Fsp3) is 0.440. The number of hydrogen-bond donors (Lipinski definition) is 2. The topological polar surface area (TPSA) is 64.7 Å². The summed E-state index contributed by atoms with van der Waals surface area (Å²) >= 11 is 0. The minimum Gasteiger partial charge on any atom is -0.353 e. The van der Waals surface area contributed by atoms with E-state index in [0.29, 0.717) is 19.6 Å². The van der Waals surface area contributed by atoms with Gasteiger partial charge in [0.2, 0.25) is 11.8 Å². The van der Waals surface area contributed by atoms with Crippen molar-refractivity contribution in [2.24, 2.45) is 11.8 Å². The van der Waals surface area contributed by atoms with E-state index in [2.05, 4.69) is 15.6 Å². The van der Waals surface area contributed by atoms with Crippen LogP contribution < -0.4 is 15.8 Å². The van der Waals surface area contributed by atoms with Crippen molar-refractivity contribution in [3.05, 3.63) is 66.0 Å². The zero-order chi connectivity index (χ0) is 22.1. The molecule has 168 valence electrons. The Kier molecular flexibility index (Phi) is 5.93. The molecule has 5 rings (SSSR count). The average molecular weight is 437 g/mol. The molecule has 32 heavy (non-hydrogen) atoms. The maximum atomic E-state index is 13.4. The van der Waals surface area contributed by atoms with E-state index in [9.17, 15) is 14.0 Å². The molecule has 3 fully saturated rings. The Bertz CT molecular complexity index is 962. The van der Waals surface area contributed by atoms with Crippen molar-refractivity contribution in [2.45, 2.75) is 44.3 Å². The molecule has 2 N–H and O–H groups in total. The van der Waals surface area contributed by atoms with Crippen molar-refractivity contribution in [2.75, 3.05) is 18.1 Å². The third kappa shape index (κ3) is 4.27. The predicted octanol–water partition coefficient (Wildman–Crippen LogP) is 2.85. The molecule has 2 aliphatic heterocycles. The number of halogens is 1. The van der Waals surface area contributed by atoms with E-state index in [4.69, 9.17) is 0 Å². The first-order valence-corrected chi connectivity index (χ1v) is 11.5. The maximum Gasteiger partial charge on any atom is 0.247 e. The normalized spacial score (nSPS) is 26.3. The third-order valence-electron chi connectivity index (χ3n) is 6.96. The number of hydrazine groups is 1. The molecule has 2 heterocycles. The second kappa shape index (κ2) is 9.00. The van der Waals surface area contributed by atoms with Gasteiger partial charge in [-0.05, 0) is 42.7 Å². The molecule has 0 radical (unpaired) electrons. The Hall–Kier alpha value is -2.77. The van der Waals surface area contributed by atoms with Crippen molar-refractivity contribution in [1.82, 2.24) is 15.6 Å². The van der Waals surface area contributed by atoms with Gasteiger partial charge < -0.3 is 5.32 Å². The molecular formula is C25H29FN4O2. The van der Waals surface area contributed by atoms with Crippen LogP contribution in [-0.4, -0.2) is 41.9 Å². The minimum atomic E-state index is -0.340.